The highest BCUT2D eigenvalue weighted by molar-refractivity contribution is 8.26. The number of thiophene rings is 1. The van der Waals surface area contributed by atoms with Crippen LogP contribution in [0.1, 0.15) is 29.1 Å². The zero-order chi connectivity index (χ0) is 23.3. The number of thiocarbonyl (C=S) groups is 1. The highest BCUT2D eigenvalue weighted by Crippen LogP contribution is 2.34. The molecule has 1 aliphatic heterocycles. The molecule has 0 bridgehead atoms. The second-order valence-corrected chi connectivity index (χ2v) is 9.30. The second-order valence-electron chi connectivity index (χ2n) is 6.67. The van der Waals surface area contributed by atoms with Crippen LogP contribution in [0.4, 0.5) is 0 Å². The van der Waals surface area contributed by atoms with Gasteiger partial charge in [0, 0.05) is 0 Å². The molecule has 0 saturated carbocycles. The van der Waals surface area contributed by atoms with Crippen molar-refractivity contribution in [2.45, 2.75) is 20.0 Å². The summed E-state index contributed by atoms with van der Waals surface area (Å²) >= 11 is 7.59. The zero-order valence-corrected chi connectivity index (χ0v) is 19.9. The molecule has 8 nitrogen and oxygen atoms in total. The minimum Gasteiger partial charge on any atom is -0.493 e. The third-order valence-corrected chi connectivity index (χ3v) is 6.12. The van der Waals surface area contributed by atoms with Crippen molar-refractivity contribution in [2.24, 2.45) is 0 Å². The summed E-state index contributed by atoms with van der Waals surface area (Å²) in [7, 11) is 1.47. The van der Waals surface area contributed by atoms with Crippen molar-refractivity contribution in [3.63, 3.8) is 0 Å². The number of hydrogen-bond acceptors (Lipinski definition) is 9. The Kier molecular flexibility index (Phi) is 7.89. The van der Waals surface area contributed by atoms with Gasteiger partial charge >= 0.3 is 5.97 Å². The number of amides is 2. The van der Waals surface area contributed by atoms with Crippen LogP contribution in [0.15, 0.2) is 40.6 Å². The number of methoxy groups -OCH3 is 1. The van der Waals surface area contributed by atoms with E-state index in [0.29, 0.717) is 26.8 Å². The average Bonchev–Trinajstić information content (AvgIpc) is 3.37. The standard InChI is InChI=1S/C21H20N2O6S3/c1-12(2)29-18(24)11-28-14-7-6-13(9-15(14)27-3)10-17-20(26)23(21(30)32-17)22-19(25)16-5-4-8-31-16/h4-10,12H,11H2,1-3H3,(H,22,25)/b17-10-. The Hall–Kier alpha value is -2.89. The molecule has 0 radical (unpaired) electrons. The number of carbonyl (C=O) groups excluding carboxylic acids is 3. The lowest BCUT2D eigenvalue weighted by atomic mass is 10.2. The number of hydrazine groups is 1. The van der Waals surface area contributed by atoms with Crippen LogP contribution in [0.25, 0.3) is 6.08 Å². The van der Waals surface area contributed by atoms with Gasteiger partial charge in [-0.1, -0.05) is 23.9 Å². The van der Waals surface area contributed by atoms with Crippen LogP contribution in [0.5, 0.6) is 11.5 Å². The van der Waals surface area contributed by atoms with Gasteiger partial charge in [0.2, 0.25) is 0 Å². The molecule has 0 atom stereocenters. The Balaban J connectivity index is 1.70. The summed E-state index contributed by atoms with van der Waals surface area (Å²) in [4.78, 5) is 37.5. The molecule has 1 aromatic heterocycles. The molecule has 3 rings (SSSR count). The first-order chi connectivity index (χ1) is 15.3. The van der Waals surface area contributed by atoms with Crippen molar-refractivity contribution in [2.75, 3.05) is 13.7 Å². The molecule has 11 heteroatoms. The Morgan fingerprint density at radius 1 is 1.25 bits per heavy atom. The molecule has 2 amide bonds. The fourth-order valence-corrected chi connectivity index (χ4v) is 4.40. The molecule has 1 saturated heterocycles. The van der Waals surface area contributed by atoms with Crippen LogP contribution in [-0.4, -0.2) is 46.9 Å². The summed E-state index contributed by atoms with van der Waals surface area (Å²) < 4.78 is 16.1. The Bertz CT molecular complexity index is 1070. The van der Waals surface area contributed by atoms with Crippen LogP contribution in [0.2, 0.25) is 0 Å². The van der Waals surface area contributed by atoms with Crippen molar-refractivity contribution < 1.29 is 28.6 Å². The maximum atomic E-state index is 12.7. The number of carbonyl (C=O) groups is 3. The maximum Gasteiger partial charge on any atom is 0.344 e. The first-order valence-electron chi connectivity index (χ1n) is 9.41. The fourth-order valence-electron chi connectivity index (χ4n) is 2.61. The molecule has 2 heterocycles. The topological polar surface area (TPSA) is 94.2 Å². The Morgan fingerprint density at radius 2 is 2.03 bits per heavy atom. The molecular weight excluding hydrogens is 472 g/mol. The monoisotopic (exact) mass is 492 g/mol. The minimum atomic E-state index is -0.487. The van der Waals surface area contributed by atoms with Crippen molar-refractivity contribution in [1.29, 1.82) is 0 Å². The summed E-state index contributed by atoms with van der Waals surface area (Å²) in [6.45, 7) is 3.25. The van der Waals surface area contributed by atoms with E-state index in [9.17, 15) is 14.4 Å². The van der Waals surface area contributed by atoms with Crippen molar-refractivity contribution >= 4 is 63.5 Å². The van der Waals surface area contributed by atoms with Gasteiger partial charge < -0.3 is 14.2 Å². The predicted octanol–water partition coefficient (Wildman–Crippen LogP) is 3.63. The third-order valence-electron chi connectivity index (χ3n) is 3.95. The summed E-state index contributed by atoms with van der Waals surface area (Å²) in [5, 5.41) is 2.83. The van der Waals surface area contributed by atoms with Gasteiger partial charge in [-0.25, -0.2) is 4.79 Å². The molecule has 32 heavy (non-hydrogen) atoms. The largest absolute Gasteiger partial charge is 0.493 e. The number of thioether (sulfide) groups is 1. The average molecular weight is 493 g/mol. The summed E-state index contributed by atoms with van der Waals surface area (Å²) in [6.07, 6.45) is 1.40. The highest BCUT2D eigenvalue weighted by Gasteiger charge is 2.34. The smallest absolute Gasteiger partial charge is 0.344 e. The lowest BCUT2D eigenvalue weighted by Crippen LogP contribution is -2.44. The van der Waals surface area contributed by atoms with Gasteiger partial charge in [-0.3, -0.25) is 15.0 Å². The molecule has 1 aliphatic rings. The van der Waals surface area contributed by atoms with E-state index >= 15 is 0 Å². The lowest BCUT2D eigenvalue weighted by Gasteiger charge is -2.14. The Labute approximate surface area is 198 Å². The van der Waals surface area contributed by atoms with Crippen molar-refractivity contribution in [1.82, 2.24) is 10.4 Å². The van der Waals surface area contributed by atoms with Gasteiger partial charge in [0.15, 0.2) is 22.4 Å². The van der Waals surface area contributed by atoms with Gasteiger partial charge in [0.25, 0.3) is 11.8 Å². The number of nitrogens with one attached hydrogen (secondary N) is 1. The van der Waals surface area contributed by atoms with Crippen LogP contribution in [0, 0.1) is 0 Å². The van der Waals surface area contributed by atoms with E-state index in [0.717, 1.165) is 16.8 Å². The van der Waals surface area contributed by atoms with E-state index in [4.69, 9.17) is 26.4 Å². The van der Waals surface area contributed by atoms with Gasteiger partial charge in [-0.2, -0.15) is 5.01 Å². The molecular formula is C21H20N2O6S3. The van der Waals surface area contributed by atoms with E-state index in [-0.39, 0.29) is 17.0 Å². The quantitative estimate of drug-likeness (QED) is 0.339. The fraction of sp³-hybridized carbons (Fsp3) is 0.238. The number of benzene rings is 1. The third kappa shape index (κ3) is 5.87. The molecule has 1 aromatic carbocycles. The number of esters is 1. The predicted molar refractivity (Wildman–Crippen MR) is 127 cm³/mol. The van der Waals surface area contributed by atoms with Gasteiger partial charge in [-0.15, -0.1) is 11.3 Å². The lowest BCUT2D eigenvalue weighted by molar-refractivity contribution is -0.149. The van der Waals surface area contributed by atoms with Gasteiger partial charge in [0.1, 0.15) is 0 Å². The number of nitrogens with zero attached hydrogens (tertiary/aromatic N) is 1. The van der Waals surface area contributed by atoms with Gasteiger partial charge in [0.05, 0.1) is 23.0 Å². The van der Waals surface area contributed by atoms with E-state index < -0.39 is 17.8 Å². The SMILES string of the molecule is COc1cc(/C=C2\SC(=S)N(NC(=O)c3cccs3)C2=O)ccc1OCC(=O)OC(C)C. The number of ether oxygens (including phenoxy) is 3. The summed E-state index contributed by atoms with van der Waals surface area (Å²) in [5.74, 6) is -0.574. The molecule has 1 fully saturated rings. The van der Waals surface area contributed by atoms with E-state index in [1.165, 1.54) is 18.4 Å². The molecule has 1 N–H and O–H groups in total. The molecule has 0 aliphatic carbocycles. The highest BCUT2D eigenvalue weighted by atomic mass is 32.2. The first kappa shape index (κ1) is 23.8. The Morgan fingerprint density at radius 3 is 2.69 bits per heavy atom. The van der Waals surface area contributed by atoms with Gasteiger partial charge in [-0.05, 0) is 61.3 Å². The summed E-state index contributed by atoms with van der Waals surface area (Å²) in [5.41, 5.74) is 3.19. The van der Waals surface area contributed by atoms with E-state index in [2.05, 4.69) is 5.43 Å². The van der Waals surface area contributed by atoms with Crippen LogP contribution in [-0.2, 0) is 14.3 Å². The maximum absolute atomic E-state index is 12.7. The number of hydrogen-bond donors (Lipinski definition) is 1. The number of rotatable bonds is 8. The van der Waals surface area contributed by atoms with E-state index in [1.54, 1.807) is 55.6 Å². The van der Waals surface area contributed by atoms with Crippen LogP contribution < -0.4 is 14.9 Å². The minimum absolute atomic E-state index is 0.224. The van der Waals surface area contributed by atoms with E-state index in [1.807, 2.05) is 0 Å². The molecule has 2 aromatic rings. The van der Waals surface area contributed by atoms with Crippen LogP contribution >= 0.6 is 35.3 Å². The van der Waals surface area contributed by atoms with Crippen molar-refractivity contribution in [3.8, 4) is 11.5 Å². The second kappa shape index (κ2) is 10.6. The molecule has 0 spiro atoms. The zero-order valence-electron chi connectivity index (χ0n) is 17.4. The van der Waals surface area contributed by atoms with Crippen LogP contribution in [0.3, 0.4) is 0 Å². The molecule has 0 unspecified atom stereocenters. The van der Waals surface area contributed by atoms with Crippen molar-refractivity contribution in [3.05, 3.63) is 51.1 Å². The first-order valence-corrected chi connectivity index (χ1v) is 11.5. The normalized spacial score (nSPS) is 14.8. The molecule has 168 valence electrons. The summed E-state index contributed by atoms with van der Waals surface area (Å²) in [6, 6.07) is 8.42.